The molecule has 37 heavy (non-hydrogen) atoms. The fourth-order valence-electron chi connectivity index (χ4n) is 4.26. The Morgan fingerprint density at radius 1 is 1.03 bits per heavy atom. The lowest BCUT2D eigenvalue weighted by Crippen LogP contribution is -2.48. The largest absolute Gasteiger partial charge is 0.497 e. The third-order valence-corrected chi connectivity index (χ3v) is 6.36. The maximum absolute atomic E-state index is 13.7. The second kappa shape index (κ2) is 11.6. The summed E-state index contributed by atoms with van der Waals surface area (Å²) in [4.78, 5) is 28.9. The predicted octanol–water partition coefficient (Wildman–Crippen LogP) is 4.20. The molecule has 0 saturated heterocycles. The van der Waals surface area contributed by atoms with Crippen LogP contribution in [0.5, 0.6) is 11.5 Å². The second-order valence-electron chi connectivity index (χ2n) is 8.66. The maximum Gasteiger partial charge on any atom is 0.247 e. The number of anilines is 1. The Kier molecular flexibility index (Phi) is 8.02. The van der Waals surface area contributed by atoms with Crippen molar-refractivity contribution in [2.75, 3.05) is 19.5 Å². The van der Waals surface area contributed by atoms with Gasteiger partial charge in [0.15, 0.2) is 0 Å². The molecule has 0 aliphatic heterocycles. The summed E-state index contributed by atoms with van der Waals surface area (Å²) >= 11 is 0. The van der Waals surface area contributed by atoms with Crippen LogP contribution in [0.3, 0.4) is 0 Å². The first-order chi connectivity index (χ1) is 17.9. The highest BCUT2D eigenvalue weighted by Gasteiger charge is 2.30. The van der Waals surface area contributed by atoms with Gasteiger partial charge in [-0.2, -0.15) is 0 Å². The first kappa shape index (κ1) is 25.7. The van der Waals surface area contributed by atoms with Gasteiger partial charge in [0, 0.05) is 12.6 Å². The number of rotatable bonds is 10. The fourth-order valence-corrected chi connectivity index (χ4v) is 4.26. The van der Waals surface area contributed by atoms with E-state index in [0.717, 1.165) is 16.6 Å². The fraction of sp³-hybridized carbons (Fsp3) is 0.286. The molecule has 0 aliphatic carbocycles. The maximum atomic E-state index is 13.7. The lowest BCUT2D eigenvalue weighted by atomic mass is 10.1. The summed E-state index contributed by atoms with van der Waals surface area (Å²) in [6.45, 7) is 4.12. The molecule has 9 heteroatoms. The van der Waals surface area contributed by atoms with E-state index in [1.807, 2.05) is 62.4 Å². The molecule has 3 aromatic carbocycles. The van der Waals surface area contributed by atoms with Crippen LogP contribution < -0.4 is 14.8 Å². The third-order valence-electron chi connectivity index (χ3n) is 6.36. The standard InChI is InChI=1S/C28H31N5O4/c1-5-24(28(35)29-23-15-14-21(36-3)16-26(23)37-4)32(17-20-11-7-6-10-19(20)2)27(34)18-33-25-13-9-8-12-22(25)30-31-33/h6-16,24H,5,17-18H2,1-4H3,(H,29,35). The summed E-state index contributed by atoms with van der Waals surface area (Å²) in [5.74, 6) is 0.533. The van der Waals surface area contributed by atoms with Crippen LogP contribution in [0.2, 0.25) is 0 Å². The highest BCUT2D eigenvalue weighted by Crippen LogP contribution is 2.29. The van der Waals surface area contributed by atoms with Gasteiger partial charge < -0.3 is 19.7 Å². The van der Waals surface area contributed by atoms with Crippen LogP contribution in [0.4, 0.5) is 5.69 Å². The number of ether oxygens (including phenoxy) is 2. The number of nitrogens with zero attached hydrogens (tertiary/aromatic N) is 4. The van der Waals surface area contributed by atoms with Crippen molar-refractivity contribution >= 4 is 28.5 Å². The molecule has 1 unspecified atom stereocenters. The van der Waals surface area contributed by atoms with Crippen molar-refractivity contribution in [2.45, 2.75) is 39.4 Å². The average Bonchev–Trinajstić information content (AvgIpc) is 3.32. The number of aryl methyl sites for hydroxylation is 1. The highest BCUT2D eigenvalue weighted by atomic mass is 16.5. The quantitative estimate of drug-likeness (QED) is 0.350. The van der Waals surface area contributed by atoms with Crippen molar-refractivity contribution in [1.82, 2.24) is 19.9 Å². The zero-order valence-electron chi connectivity index (χ0n) is 21.5. The summed E-state index contributed by atoms with van der Waals surface area (Å²) in [6, 6.07) is 19.7. The minimum Gasteiger partial charge on any atom is -0.497 e. The predicted molar refractivity (Wildman–Crippen MR) is 142 cm³/mol. The average molecular weight is 502 g/mol. The Balaban J connectivity index is 1.64. The molecule has 1 heterocycles. The van der Waals surface area contributed by atoms with E-state index in [1.54, 1.807) is 34.9 Å². The molecule has 0 spiro atoms. The molecule has 1 aromatic heterocycles. The molecule has 0 saturated carbocycles. The van der Waals surface area contributed by atoms with E-state index in [1.165, 1.54) is 7.11 Å². The molecule has 4 aromatic rings. The van der Waals surface area contributed by atoms with E-state index in [2.05, 4.69) is 15.6 Å². The van der Waals surface area contributed by atoms with Crippen LogP contribution in [-0.2, 0) is 22.7 Å². The summed E-state index contributed by atoms with van der Waals surface area (Å²) in [7, 11) is 3.09. The van der Waals surface area contributed by atoms with E-state index in [-0.39, 0.29) is 24.9 Å². The van der Waals surface area contributed by atoms with E-state index in [9.17, 15) is 9.59 Å². The molecule has 2 amide bonds. The monoisotopic (exact) mass is 501 g/mol. The topological polar surface area (TPSA) is 98.6 Å². The van der Waals surface area contributed by atoms with E-state index >= 15 is 0 Å². The number of benzene rings is 3. The zero-order valence-corrected chi connectivity index (χ0v) is 21.5. The van der Waals surface area contributed by atoms with E-state index in [0.29, 0.717) is 29.1 Å². The molecule has 0 fully saturated rings. The van der Waals surface area contributed by atoms with Gasteiger partial charge in [0.05, 0.1) is 25.4 Å². The number of hydrogen-bond donors (Lipinski definition) is 1. The number of methoxy groups -OCH3 is 2. The van der Waals surface area contributed by atoms with Crippen molar-refractivity contribution in [3.63, 3.8) is 0 Å². The van der Waals surface area contributed by atoms with Crippen LogP contribution >= 0.6 is 0 Å². The first-order valence-electron chi connectivity index (χ1n) is 12.1. The van der Waals surface area contributed by atoms with E-state index in [4.69, 9.17) is 9.47 Å². The van der Waals surface area contributed by atoms with Crippen molar-refractivity contribution in [3.8, 4) is 11.5 Å². The first-order valence-corrected chi connectivity index (χ1v) is 12.1. The smallest absolute Gasteiger partial charge is 0.247 e. The molecule has 192 valence electrons. The minimum absolute atomic E-state index is 0.0397. The molecular weight excluding hydrogens is 470 g/mol. The summed E-state index contributed by atoms with van der Waals surface area (Å²) in [5, 5.41) is 11.3. The number of para-hydroxylation sites is 1. The number of hydrogen-bond acceptors (Lipinski definition) is 6. The molecule has 9 nitrogen and oxygen atoms in total. The number of carbonyl (C=O) groups excluding carboxylic acids is 2. The van der Waals surface area contributed by atoms with Crippen LogP contribution in [0, 0.1) is 6.92 Å². The van der Waals surface area contributed by atoms with Gasteiger partial charge in [0.25, 0.3) is 0 Å². The Labute approximate surface area is 216 Å². The number of nitrogens with one attached hydrogen (secondary N) is 1. The van der Waals surface area contributed by atoms with Gasteiger partial charge in [-0.1, -0.05) is 48.5 Å². The van der Waals surface area contributed by atoms with Crippen molar-refractivity contribution in [2.24, 2.45) is 0 Å². The Morgan fingerprint density at radius 2 is 1.78 bits per heavy atom. The van der Waals surface area contributed by atoms with E-state index < -0.39 is 6.04 Å². The van der Waals surface area contributed by atoms with Gasteiger partial charge in [0.2, 0.25) is 11.8 Å². The Morgan fingerprint density at radius 3 is 2.51 bits per heavy atom. The Hall–Kier alpha value is -4.40. The molecule has 0 radical (unpaired) electrons. The zero-order chi connectivity index (χ0) is 26.4. The Bertz CT molecular complexity index is 1400. The van der Waals surface area contributed by atoms with Gasteiger partial charge in [-0.3, -0.25) is 9.59 Å². The summed E-state index contributed by atoms with van der Waals surface area (Å²) < 4.78 is 12.3. The normalized spacial score (nSPS) is 11.7. The third kappa shape index (κ3) is 5.72. The van der Waals surface area contributed by atoms with Crippen molar-refractivity contribution in [3.05, 3.63) is 77.9 Å². The van der Waals surface area contributed by atoms with Crippen molar-refractivity contribution < 1.29 is 19.1 Å². The van der Waals surface area contributed by atoms with Gasteiger partial charge in [0.1, 0.15) is 29.6 Å². The van der Waals surface area contributed by atoms with Crippen LogP contribution in [0.15, 0.2) is 66.7 Å². The van der Waals surface area contributed by atoms with Gasteiger partial charge in [-0.15, -0.1) is 5.10 Å². The molecule has 0 bridgehead atoms. The van der Waals surface area contributed by atoms with Gasteiger partial charge >= 0.3 is 0 Å². The van der Waals surface area contributed by atoms with Crippen LogP contribution in [0.1, 0.15) is 24.5 Å². The molecule has 1 N–H and O–H groups in total. The SMILES string of the molecule is CCC(C(=O)Nc1ccc(OC)cc1OC)N(Cc1ccccc1C)C(=O)Cn1nnc2ccccc21. The molecule has 1 atom stereocenters. The van der Waals surface area contributed by atoms with Gasteiger partial charge in [-0.05, 0) is 48.7 Å². The summed E-state index contributed by atoms with van der Waals surface area (Å²) in [6.07, 6.45) is 0.417. The lowest BCUT2D eigenvalue weighted by Gasteiger charge is -2.31. The highest BCUT2D eigenvalue weighted by molar-refractivity contribution is 5.98. The van der Waals surface area contributed by atoms with Crippen molar-refractivity contribution in [1.29, 1.82) is 0 Å². The van der Waals surface area contributed by atoms with Crippen LogP contribution in [0.25, 0.3) is 11.0 Å². The number of amides is 2. The van der Waals surface area contributed by atoms with Gasteiger partial charge in [-0.25, -0.2) is 4.68 Å². The second-order valence-corrected chi connectivity index (χ2v) is 8.66. The summed E-state index contributed by atoms with van der Waals surface area (Å²) in [5.41, 5.74) is 3.97. The number of fused-ring (bicyclic) bond motifs is 1. The number of carbonyl (C=O) groups is 2. The molecule has 0 aliphatic rings. The molecular formula is C28H31N5O4. The minimum atomic E-state index is -0.728. The number of aromatic nitrogens is 3. The van der Waals surface area contributed by atoms with Crippen LogP contribution in [-0.4, -0.2) is 52.0 Å². The molecule has 4 rings (SSSR count). The lowest BCUT2D eigenvalue weighted by molar-refractivity contribution is -0.140.